The van der Waals surface area contributed by atoms with Gasteiger partial charge in [-0.05, 0) is 12.8 Å². The second-order valence-electron chi connectivity index (χ2n) is 5.55. The smallest absolute Gasteiger partial charge is 0.247 e. The van der Waals surface area contributed by atoms with E-state index in [0.717, 1.165) is 22.8 Å². The zero-order valence-electron chi connectivity index (χ0n) is 11.1. The largest absolute Gasteiger partial charge is 0.390 e. The summed E-state index contributed by atoms with van der Waals surface area (Å²) in [5, 5.41) is 8.00. The molecule has 6 nitrogen and oxygen atoms in total. The summed E-state index contributed by atoms with van der Waals surface area (Å²) in [5.74, 6) is -0.432. The van der Waals surface area contributed by atoms with Gasteiger partial charge in [0.2, 0.25) is 10.0 Å². The molecule has 0 radical (unpaired) electrons. The second kappa shape index (κ2) is 4.94. The van der Waals surface area contributed by atoms with Gasteiger partial charge in [-0.25, -0.2) is 13.1 Å². The van der Waals surface area contributed by atoms with Crippen molar-refractivity contribution in [3.8, 4) is 0 Å². The number of halogens is 3. The molecule has 0 N–H and O–H groups in total. The van der Waals surface area contributed by atoms with Crippen LogP contribution in [-0.2, 0) is 10.0 Å². The molecule has 1 aliphatic carbocycles. The van der Waals surface area contributed by atoms with E-state index in [1.807, 2.05) is 6.20 Å². The normalized spacial score (nSPS) is 21.5. The first-order valence-electron chi connectivity index (χ1n) is 6.71. The Bertz CT molecular complexity index is 618. The fourth-order valence-electron chi connectivity index (χ4n) is 2.22. The molecular formula is C11H15F3N4O2S. The molecule has 3 rings (SSSR count). The first kappa shape index (κ1) is 14.8. The molecule has 0 bridgehead atoms. The highest BCUT2D eigenvalue weighted by molar-refractivity contribution is 7.89. The van der Waals surface area contributed by atoms with E-state index in [2.05, 4.69) is 10.3 Å². The summed E-state index contributed by atoms with van der Waals surface area (Å²) in [5.41, 5.74) is 0.911. The minimum atomic E-state index is -4.46. The fourth-order valence-corrected chi connectivity index (χ4v) is 3.77. The van der Waals surface area contributed by atoms with E-state index >= 15 is 0 Å². The van der Waals surface area contributed by atoms with E-state index in [9.17, 15) is 21.6 Å². The third-order valence-corrected chi connectivity index (χ3v) is 5.57. The van der Waals surface area contributed by atoms with Gasteiger partial charge < -0.3 is 0 Å². The SMILES string of the molecule is O=S(=O)(CCC(F)(F)F)N1CC(n2cc(C3CC3)nn2)C1. The van der Waals surface area contributed by atoms with Gasteiger partial charge in [-0.2, -0.15) is 17.5 Å². The third kappa shape index (κ3) is 3.37. The predicted molar refractivity (Wildman–Crippen MR) is 67.1 cm³/mol. The minimum Gasteiger partial charge on any atom is -0.247 e. The molecule has 1 saturated carbocycles. The van der Waals surface area contributed by atoms with Crippen LogP contribution in [0.5, 0.6) is 0 Å². The van der Waals surface area contributed by atoms with Gasteiger partial charge in [-0.15, -0.1) is 5.10 Å². The summed E-state index contributed by atoms with van der Waals surface area (Å²) < 4.78 is 62.4. The molecule has 0 amide bonds. The molecule has 21 heavy (non-hydrogen) atoms. The fraction of sp³-hybridized carbons (Fsp3) is 0.818. The number of rotatable bonds is 5. The molecule has 10 heteroatoms. The Hall–Kier alpha value is -1.16. The maximum Gasteiger partial charge on any atom is 0.390 e. The lowest BCUT2D eigenvalue weighted by Gasteiger charge is -2.37. The van der Waals surface area contributed by atoms with Gasteiger partial charge in [0, 0.05) is 25.2 Å². The molecule has 2 aliphatic rings. The molecule has 2 heterocycles. The quantitative estimate of drug-likeness (QED) is 0.818. The van der Waals surface area contributed by atoms with Crippen molar-refractivity contribution in [3.63, 3.8) is 0 Å². The highest BCUT2D eigenvalue weighted by atomic mass is 32.2. The molecule has 0 unspecified atom stereocenters. The van der Waals surface area contributed by atoms with E-state index in [1.165, 1.54) is 0 Å². The van der Waals surface area contributed by atoms with Crippen LogP contribution < -0.4 is 0 Å². The minimum absolute atomic E-state index is 0.134. The summed E-state index contributed by atoms with van der Waals surface area (Å²) >= 11 is 0. The molecular weight excluding hydrogens is 309 g/mol. The summed E-state index contributed by atoms with van der Waals surface area (Å²) in [6, 6.07) is -0.134. The van der Waals surface area contributed by atoms with E-state index in [-0.39, 0.29) is 19.1 Å². The molecule has 1 aromatic rings. The zero-order chi connectivity index (χ0) is 15.3. The molecule has 1 saturated heterocycles. The topological polar surface area (TPSA) is 68.1 Å². The van der Waals surface area contributed by atoms with Crippen molar-refractivity contribution >= 4 is 10.0 Å². The van der Waals surface area contributed by atoms with Crippen LogP contribution >= 0.6 is 0 Å². The summed E-state index contributed by atoms with van der Waals surface area (Å²) in [4.78, 5) is 0. The monoisotopic (exact) mass is 324 g/mol. The summed E-state index contributed by atoms with van der Waals surface area (Å²) in [7, 11) is -3.84. The van der Waals surface area contributed by atoms with Crippen LogP contribution in [0, 0.1) is 0 Å². The number of aromatic nitrogens is 3. The van der Waals surface area contributed by atoms with Crippen molar-refractivity contribution in [3.05, 3.63) is 11.9 Å². The van der Waals surface area contributed by atoms with E-state index in [4.69, 9.17) is 0 Å². The lowest BCUT2D eigenvalue weighted by molar-refractivity contribution is -0.130. The summed E-state index contributed by atoms with van der Waals surface area (Å²) in [6.45, 7) is 0.321. The average molecular weight is 324 g/mol. The number of sulfonamides is 1. The molecule has 0 atom stereocenters. The Morgan fingerprint density at radius 1 is 1.29 bits per heavy atom. The average Bonchev–Trinajstić information content (AvgIpc) is 3.05. The maximum absolute atomic E-state index is 12.1. The van der Waals surface area contributed by atoms with Crippen molar-refractivity contribution in [1.82, 2.24) is 19.3 Å². The van der Waals surface area contributed by atoms with E-state index in [1.54, 1.807) is 4.68 Å². The number of alkyl halides is 3. The Morgan fingerprint density at radius 3 is 2.52 bits per heavy atom. The van der Waals surface area contributed by atoms with Crippen molar-refractivity contribution in [2.24, 2.45) is 0 Å². The molecule has 118 valence electrons. The number of nitrogens with zero attached hydrogens (tertiary/aromatic N) is 4. The van der Waals surface area contributed by atoms with Gasteiger partial charge in [0.25, 0.3) is 0 Å². The highest BCUT2D eigenvalue weighted by Crippen LogP contribution is 2.39. The predicted octanol–water partition coefficient (Wildman–Crippen LogP) is 1.29. The highest BCUT2D eigenvalue weighted by Gasteiger charge is 2.40. The molecule has 1 aliphatic heterocycles. The van der Waals surface area contributed by atoms with Crippen LogP contribution in [0.2, 0.25) is 0 Å². The van der Waals surface area contributed by atoms with Gasteiger partial charge in [0.05, 0.1) is 23.9 Å². The zero-order valence-corrected chi connectivity index (χ0v) is 11.9. The van der Waals surface area contributed by atoms with Gasteiger partial charge >= 0.3 is 6.18 Å². The van der Waals surface area contributed by atoms with Gasteiger partial charge in [0.1, 0.15) is 0 Å². The van der Waals surface area contributed by atoms with Crippen LogP contribution in [0.15, 0.2) is 6.20 Å². The number of hydrogen-bond donors (Lipinski definition) is 0. The molecule has 2 fully saturated rings. The van der Waals surface area contributed by atoms with Crippen LogP contribution in [0.3, 0.4) is 0 Å². The second-order valence-corrected chi connectivity index (χ2v) is 7.64. The van der Waals surface area contributed by atoms with Crippen LogP contribution in [0.4, 0.5) is 13.2 Å². The number of hydrogen-bond acceptors (Lipinski definition) is 4. The first-order valence-corrected chi connectivity index (χ1v) is 8.32. The van der Waals surface area contributed by atoms with Gasteiger partial charge in [-0.3, -0.25) is 0 Å². The van der Waals surface area contributed by atoms with E-state index < -0.39 is 28.4 Å². The van der Waals surface area contributed by atoms with Crippen LogP contribution in [-0.4, -0.2) is 52.7 Å². The molecule has 0 spiro atoms. The Kier molecular flexibility index (Phi) is 3.47. The Morgan fingerprint density at radius 2 is 1.95 bits per heavy atom. The van der Waals surface area contributed by atoms with Crippen LogP contribution in [0.25, 0.3) is 0 Å². The standard InChI is InChI=1S/C11H15F3N4O2S/c12-11(13,14)3-4-21(19,20)17-5-9(6-17)18-7-10(15-16-18)8-1-2-8/h7-9H,1-6H2. The van der Waals surface area contributed by atoms with Crippen molar-refractivity contribution in [2.75, 3.05) is 18.8 Å². The third-order valence-electron chi connectivity index (χ3n) is 3.76. The van der Waals surface area contributed by atoms with Crippen molar-refractivity contribution in [2.45, 2.75) is 37.4 Å². The van der Waals surface area contributed by atoms with Crippen LogP contribution in [0.1, 0.15) is 36.9 Å². The van der Waals surface area contributed by atoms with E-state index in [0.29, 0.717) is 5.92 Å². The molecule has 0 aromatic carbocycles. The lowest BCUT2D eigenvalue weighted by Crippen LogP contribution is -2.51. The van der Waals surface area contributed by atoms with Gasteiger partial charge in [0.15, 0.2) is 0 Å². The molecule has 1 aromatic heterocycles. The lowest BCUT2D eigenvalue weighted by atomic mass is 10.2. The summed E-state index contributed by atoms with van der Waals surface area (Å²) in [6.07, 6.45) is -1.77. The first-order chi connectivity index (χ1) is 9.74. The maximum atomic E-state index is 12.1. The Labute approximate surface area is 120 Å². The van der Waals surface area contributed by atoms with Crippen molar-refractivity contribution in [1.29, 1.82) is 0 Å². The van der Waals surface area contributed by atoms with Gasteiger partial charge in [-0.1, -0.05) is 5.21 Å². The Balaban J connectivity index is 1.54. The van der Waals surface area contributed by atoms with Crippen molar-refractivity contribution < 1.29 is 21.6 Å².